The third-order valence-corrected chi connectivity index (χ3v) is 8.43. The maximum absolute atomic E-state index is 13.6. The Labute approximate surface area is 204 Å². The van der Waals surface area contributed by atoms with Crippen molar-refractivity contribution in [1.82, 2.24) is 15.5 Å². The zero-order chi connectivity index (χ0) is 25.0. The molecule has 6 atom stereocenters. The van der Waals surface area contributed by atoms with E-state index in [1.54, 1.807) is 4.90 Å². The van der Waals surface area contributed by atoms with E-state index in [4.69, 9.17) is 5.73 Å². The molecule has 2 aliphatic heterocycles. The van der Waals surface area contributed by atoms with Gasteiger partial charge in [0.2, 0.25) is 17.6 Å². The summed E-state index contributed by atoms with van der Waals surface area (Å²) in [5.41, 5.74) is 6.23. The molecule has 2 saturated heterocycles. The van der Waals surface area contributed by atoms with Crippen LogP contribution in [0.3, 0.4) is 0 Å². The summed E-state index contributed by atoms with van der Waals surface area (Å²) >= 11 is 0. The molecule has 3 fully saturated rings. The topological polar surface area (TPSA) is 122 Å². The fourth-order valence-corrected chi connectivity index (χ4v) is 5.83. The Kier molecular flexibility index (Phi) is 8.77. The third-order valence-electron chi connectivity index (χ3n) is 8.43. The maximum atomic E-state index is 13.6. The number of Topliss-reactive ketones (excluding diaryl/α,β-unsaturated/α-hetero) is 1. The van der Waals surface area contributed by atoms with Crippen molar-refractivity contribution in [2.24, 2.45) is 23.0 Å². The van der Waals surface area contributed by atoms with Crippen LogP contribution in [0.25, 0.3) is 0 Å². The summed E-state index contributed by atoms with van der Waals surface area (Å²) in [5.74, 6) is -1.46. The Morgan fingerprint density at radius 1 is 1.09 bits per heavy atom. The van der Waals surface area contributed by atoms with E-state index < -0.39 is 29.8 Å². The van der Waals surface area contributed by atoms with Gasteiger partial charge in [-0.1, -0.05) is 65.7 Å². The molecule has 1 aliphatic carbocycles. The molecule has 0 radical (unpaired) electrons. The molecule has 0 aromatic heterocycles. The molecule has 2 heterocycles. The van der Waals surface area contributed by atoms with Gasteiger partial charge in [-0.05, 0) is 43.4 Å². The van der Waals surface area contributed by atoms with Gasteiger partial charge in [0.1, 0.15) is 6.04 Å². The van der Waals surface area contributed by atoms with Crippen LogP contribution in [0.1, 0.15) is 91.9 Å². The molecule has 3 rings (SSSR count). The molecular formula is C26H44N4O4. The van der Waals surface area contributed by atoms with E-state index in [1.165, 1.54) is 0 Å². The number of carbonyl (C=O) groups is 4. The van der Waals surface area contributed by atoms with Gasteiger partial charge in [-0.3, -0.25) is 19.2 Å². The summed E-state index contributed by atoms with van der Waals surface area (Å²) in [6.45, 7) is 8.56. The number of carbonyl (C=O) groups excluding carboxylic acids is 4. The van der Waals surface area contributed by atoms with Crippen LogP contribution < -0.4 is 16.4 Å². The molecule has 192 valence electrons. The summed E-state index contributed by atoms with van der Waals surface area (Å²) in [5, 5.41) is 5.62. The normalized spacial score (nSPS) is 33.3. The molecule has 8 nitrogen and oxygen atoms in total. The number of rotatable bonds is 4. The van der Waals surface area contributed by atoms with Crippen LogP contribution in [0.15, 0.2) is 0 Å². The van der Waals surface area contributed by atoms with Gasteiger partial charge >= 0.3 is 0 Å². The van der Waals surface area contributed by atoms with E-state index >= 15 is 0 Å². The van der Waals surface area contributed by atoms with E-state index in [-0.39, 0.29) is 35.1 Å². The van der Waals surface area contributed by atoms with E-state index in [0.29, 0.717) is 25.8 Å². The largest absolute Gasteiger partial charge is 0.347 e. The minimum Gasteiger partial charge on any atom is -0.347 e. The third kappa shape index (κ3) is 5.81. The van der Waals surface area contributed by atoms with Crippen molar-refractivity contribution in [2.45, 2.75) is 116 Å². The zero-order valence-corrected chi connectivity index (χ0v) is 21.4. The summed E-state index contributed by atoms with van der Waals surface area (Å²) in [7, 11) is 0. The summed E-state index contributed by atoms with van der Waals surface area (Å²) in [6, 6.07) is -2.24. The number of ketones is 1. The van der Waals surface area contributed by atoms with Gasteiger partial charge in [-0.2, -0.15) is 0 Å². The van der Waals surface area contributed by atoms with Gasteiger partial charge in [0, 0.05) is 12.6 Å². The minimum atomic E-state index is -0.879. The van der Waals surface area contributed by atoms with Crippen molar-refractivity contribution < 1.29 is 19.2 Å². The lowest BCUT2D eigenvalue weighted by molar-refractivity contribution is -0.144. The first kappa shape index (κ1) is 26.6. The van der Waals surface area contributed by atoms with Gasteiger partial charge < -0.3 is 21.3 Å². The first-order valence-electron chi connectivity index (χ1n) is 13.3. The highest BCUT2D eigenvalue weighted by Gasteiger charge is 2.69. The Bertz CT molecular complexity index is 783. The zero-order valence-electron chi connectivity index (χ0n) is 21.4. The predicted octanol–water partition coefficient (Wildman–Crippen LogP) is 2.29. The SMILES string of the molecule is CCC(C)NC(=O)C(=O)[C@@H]1CCCCCCCCC[C@H](N)C(=O)N2C[C@H]3[C@@H]([C@H]2C(=O)N1)C3(C)C. The summed E-state index contributed by atoms with van der Waals surface area (Å²) < 4.78 is 0. The molecule has 4 N–H and O–H groups in total. The number of hydrogen-bond acceptors (Lipinski definition) is 5. The number of fused-ring (bicyclic) bond motifs is 3. The molecule has 1 saturated carbocycles. The molecule has 34 heavy (non-hydrogen) atoms. The Morgan fingerprint density at radius 3 is 2.29 bits per heavy atom. The quantitative estimate of drug-likeness (QED) is 0.538. The van der Waals surface area contributed by atoms with E-state index in [2.05, 4.69) is 24.5 Å². The lowest BCUT2D eigenvalue weighted by atomic mass is 9.97. The van der Waals surface area contributed by atoms with Crippen LogP contribution in [0, 0.1) is 17.3 Å². The Balaban J connectivity index is 1.80. The standard InChI is InChI=1S/C26H44N4O4/c1-5-16(2)28-24(33)22(31)19-14-12-10-8-6-7-9-11-13-18(27)25(34)30-15-17-20(26(17,3)4)21(30)23(32)29-19/h16-21H,5-15,27H2,1-4H3,(H,28,33)(H,29,32)/t16?,17-,18-,19-,20-,21-/m0/s1. The van der Waals surface area contributed by atoms with Crippen LogP contribution in [0.5, 0.6) is 0 Å². The predicted molar refractivity (Wildman–Crippen MR) is 131 cm³/mol. The monoisotopic (exact) mass is 476 g/mol. The molecule has 0 aromatic rings. The fraction of sp³-hybridized carbons (Fsp3) is 0.846. The lowest BCUT2D eigenvalue weighted by Crippen LogP contribution is -2.57. The van der Waals surface area contributed by atoms with Gasteiger partial charge in [-0.25, -0.2) is 0 Å². The van der Waals surface area contributed by atoms with Gasteiger partial charge in [-0.15, -0.1) is 0 Å². The Hall–Kier alpha value is -1.96. The van der Waals surface area contributed by atoms with Crippen molar-refractivity contribution in [3.8, 4) is 0 Å². The van der Waals surface area contributed by atoms with Crippen LogP contribution in [0.4, 0.5) is 0 Å². The van der Waals surface area contributed by atoms with E-state index in [9.17, 15) is 19.2 Å². The second-order valence-corrected chi connectivity index (χ2v) is 11.3. The van der Waals surface area contributed by atoms with Crippen LogP contribution in [-0.2, 0) is 19.2 Å². The van der Waals surface area contributed by atoms with Crippen molar-refractivity contribution in [1.29, 1.82) is 0 Å². The van der Waals surface area contributed by atoms with Crippen molar-refractivity contribution >= 4 is 23.5 Å². The first-order valence-corrected chi connectivity index (χ1v) is 13.3. The van der Waals surface area contributed by atoms with E-state index in [1.807, 2.05) is 13.8 Å². The first-order chi connectivity index (χ1) is 16.1. The molecule has 3 aliphatic rings. The maximum Gasteiger partial charge on any atom is 0.289 e. The second kappa shape index (κ2) is 11.2. The molecule has 3 amide bonds. The van der Waals surface area contributed by atoms with Crippen LogP contribution >= 0.6 is 0 Å². The van der Waals surface area contributed by atoms with E-state index in [0.717, 1.165) is 44.9 Å². The molecule has 8 heteroatoms. The molecular weight excluding hydrogens is 432 g/mol. The Morgan fingerprint density at radius 2 is 1.68 bits per heavy atom. The van der Waals surface area contributed by atoms with Crippen molar-refractivity contribution in [2.75, 3.05) is 6.54 Å². The molecule has 0 aromatic carbocycles. The molecule has 0 bridgehead atoms. The molecule has 1 unspecified atom stereocenters. The van der Waals surface area contributed by atoms with Crippen LogP contribution in [0.2, 0.25) is 0 Å². The number of amides is 3. The number of piperidine rings is 1. The lowest BCUT2D eigenvalue weighted by Gasteiger charge is -2.33. The van der Waals surface area contributed by atoms with Crippen LogP contribution in [-0.4, -0.2) is 59.1 Å². The molecule has 0 spiro atoms. The highest BCUT2D eigenvalue weighted by atomic mass is 16.2. The number of nitrogens with one attached hydrogen (secondary N) is 2. The smallest absolute Gasteiger partial charge is 0.289 e. The highest BCUT2D eigenvalue weighted by molar-refractivity contribution is 6.38. The number of nitrogens with two attached hydrogens (primary N) is 1. The van der Waals surface area contributed by atoms with Gasteiger partial charge in [0.15, 0.2) is 0 Å². The minimum absolute atomic E-state index is 0.0306. The summed E-state index contributed by atoms with van der Waals surface area (Å²) in [6.07, 6.45) is 8.69. The van der Waals surface area contributed by atoms with Crippen molar-refractivity contribution in [3.05, 3.63) is 0 Å². The number of hydrogen-bond donors (Lipinski definition) is 3. The van der Waals surface area contributed by atoms with Gasteiger partial charge in [0.25, 0.3) is 5.91 Å². The average Bonchev–Trinajstić information content (AvgIpc) is 3.12. The fourth-order valence-electron chi connectivity index (χ4n) is 5.83. The van der Waals surface area contributed by atoms with Gasteiger partial charge in [0.05, 0.1) is 12.1 Å². The summed E-state index contributed by atoms with van der Waals surface area (Å²) in [4.78, 5) is 54.0. The number of nitrogens with zero attached hydrogens (tertiary/aromatic N) is 1. The highest BCUT2D eigenvalue weighted by Crippen LogP contribution is 2.64. The van der Waals surface area contributed by atoms with Crippen molar-refractivity contribution in [3.63, 3.8) is 0 Å². The average molecular weight is 477 g/mol. The second-order valence-electron chi connectivity index (χ2n) is 11.3.